The zero-order chi connectivity index (χ0) is 31.3. The lowest BCUT2D eigenvalue weighted by molar-refractivity contribution is -0.936. The number of nitrogens with zero attached hydrogens (tertiary/aromatic N) is 3. The summed E-state index contributed by atoms with van der Waals surface area (Å²) in [6.07, 6.45) is 0. The zero-order valence-corrected chi connectivity index (χ0v) is 34.9. The predicted octanol–water partition coefficient (Wildman–Crippen LogP) is 0.201. The molecule has 6 heteroatoms. The summed E-state index contributed by atoms with van der Waals surface area (Å²) in [5.74, 6) is 0. The molecule has 3 aromatic carbocycles. The molecule has 45 heavy (non-hydrogen) atoms. The zero-order valence-electron chi connectivity index (χ0n) is 30.1. The smallest absolute Gasteiger partial charge is 0.104 e. The number of hydrogen-bond acceptors (Lipinski definition) is 0. The molecule has 3 rings (SSSR count). The molecule has 258 valence electrons. The van der Waals surface area contributed by atoms with Crippen molar-refractivity contribution in [2.24, 2.45) is 0 Å². The first-order valence-electron chi connectivity index (χ1n) is 17.0. The van der Waals surface area contributed by atoms with Crippen molar-refractivity contribution in [3.63, 3.8) is 0 Å². The number of rotatable bonds is 15. The van der Waals surface area contributed by atoms with Crippen LogP contribution in [0.5, 0.6) is 0 Å². The number of quaternary nitrogens is 3. The fourth-order valence-corrected chi connectivity index (χ4v) is 5.93. The van der Waals surface area contributed by atoms with Crippen LogP contribution in [0.4, 0.5) is 0 Å². The lowest BCUT2D eigenvalue weighted by atomic mass is 10.2. The lowest BCUT2D eigenvalue weighted by Gasteiger charge is -2.35. The Morgan fingerprint density at radius 2 is 0.444 bits per heavy atom. The van der Waals surface area contributed by atoms with Gasteiger partial charge in [-0.15, -0.1) is 0 Å². The number of benzene rings is 3. The minimum Gasteiger partial charge on any atom is -1.00 e. The van der Waals surface area contributed by atoms with E-state index >= 15 is 0 Å². The molecule has 0 amide bonds. The van der Waals surface area contributed by atoms with Crippen molar-refractivity contribution in [3.05, 3.63) is 108 Å². The second-order valence-electron chi connectivity index (χ2n) is 11.8. The minimum atomic E-state index is 0. The molecule has 3 aromatic rings. The van der Waals surface area contributed by atoms with Crippen LogP contribution < -0.4 is 50.9 Å². The van der Waals surface area contributed by atoms with Gasteiger partial charge in [-0.05, 0) is 62.3 Å². The molecule has 0 heterocycles. The van der Waals surface area contributed by atoms with E-state index in [0.29, 0.717) is 0 Å². The maximum atomic E-state index is 2.29. The van der Waals surface area contributed by atoms with Crippen LogP contribution in [-0.2, 0) is 19.6 Å². The Bertz CT molecular complexity index is 875. The van der Waals surface area contributed by atoms with Crippen molar-refractivity contribution in [2.75, 3.05) is 58.9 Å². The molecular weight excluding hydrogens is 750 g/mol. The van der Waals surface area contributed by atoms with Crippen LogP contribution in [-0.4, -0.2) is 72.4 Å². The number of halogens is 3. The van der Waals surface area contributed by atoms with Crippen LogP contribution in [0, 0.1) is 0 Å². The summed E-state index contributed by atoms with van der Waals surface area (Å²) in [6.45, 7) is 35.1. The minimum absolute atomic E-state index is 0. The predicted molar refractivity (Wildman–Crippen MR) is 186 cm³/mol. The van der Waals surface area contributed by atoms with Gasteiger partial charge in [0, 0.05) is 16.7 Å². The maximum Gasteiger partial charge on any atom is 0.104 e. The van der Waals surface area contributed by atoms with Crippen molar-refractivity contribution < 1.29 is 64.4 Å². The Labute approximate surface area is 311 Å². The van der Waals surface area contributed by atoms with E-state index in [1.165, 1.54) is 109 Å². The first kappa shape index (κ1) is 48.4. The van der Waals surface area contributed by atoms with Crippen LogP contribution in [0.25, 0.3) is 0 Å². The number of hydrogen-bond donors (Lipinski definition) is 0. The summed E-state index contributed by atoms with van der Waals surface area (Å²) in [5, 5.41) is 0. The molecule has 0 atom stereocenters. The highest BCUT2D eigenvalue weighted by Crippen LogP contribution is 2.15. The van der Waals surface area contributed by atoms with Gasteiger partial charge in [0.1, 0.15) is 19.6 Å². The topological polar surface area (TPSA) is 0 Å². The molecule has 0 saturated carbocycles. The van der Waals surface area contributed by atoms with E-state index < -0.39 is 0 Å². The van der Waals surface area contributed by atoms with Crippen molar-refractivity contribution in [1.29, 1.82) is 0 Å². The molecule has 0 aliphatic rings. The molecule has 0 bridgehead atoms. The van der Waals surface area contributed by atoms with Gasteiger partial charge in [0.25, 0.3) is 0 Å². The van der Waals surface area contributed by atoms with E-state index in [1.807, 2.05) is 0 Å². The fraction of sp³-hybridized carbons (Fsp3) is 0.538. The van der Waals surface area contributed by atoms with E-state index in [4.69, 9.17) is 0 Å². The summed E-state index contributed by atoms with van der Waals surface area (Å²) in [7, 11) is 0. The summed E-state index contributed by atoms with van der Waals surface area (Å²) >= 11 is 0. The SMILES string of the molecule is CC[N+](CC)(CC)Cc1ccccc1.CC[N+](CC)(CC)Cc1ccccc1.CC[N+](CC)(CC)Cc1ccccc1.[Br-].[Br-].[Br-]. The lowest BCUT2D eigenvalue weighted by Crippen LogP contribution is -3.00. The van der Waals surface area contributed by atoms with Crippen LogP contribution in [0.3, 0.4) is 0 Å². The van der Waals surface area contributed by atoms with Crippen molar-refractivity contribution >= 4 is 0 Å². The molecule has 0 unspecified atom stereocenters. The summed E-state index contributed by atoms with van der Waals surface area (Å²) < 4.78 is 3.60. The molecule has 0 radical (unpaired) electrons. The average molecular weight is 817 g/mol. The Kier molecular flexibility index (Phi) is 29.0. The highest BCUT2D eigenvalue weighted by atomic mass is 79.9. The van der Waals surface area contributed by atoms with Gasteiger partial charge >= 0.3 is 0 Å². The first-order valence-corrected chi connectivity index (χ1v) is 17.0. The van der Waals surface area contributed by atoms with Crippen LogP contribution in [0.2, 0.25) is 0 Å². The maximum absolute atomic E-state index is 2.29. The third-order valence-corrected chi connectivity index (χ3v) is 10.1. The summed E-state index contributed by atoms with van der Waals surface area (Å²) in [6, 6.07) is 32.4. The quantitative estimate of drug-likeness (QED) is 0.193. The van der Waals surface area contributed by atoms with Crippen molar-refractivity contribution in [3.8, 4) is 0 Å². The van der Waals surface area contributed by atoms with Crippen molar-refractivity contribution in [2.45, 2.75) is 81.9 Å². The molecule has 0 aromatic heterocycles. The largest absolute Gasteiger partial charge is 1.00 e. The third-order valence-electron chi connectivity index (χ3n) is 10.1. The van der Waals surface area contributed by atoms with Crippen LogP contribution >= 0.6 is 0 Å². The molecular formula is C39H66Br3N3. The Hall–Kier alpha value is -1.02. The third kappa shape index (κ3) is 17.1. The van der Waals surface area contributed by atoms with Gasteiger partial charge in [0.2, 0.25) is 0 Å². The Balaban J connectivity index is -0.000000569. The van der Waals surface area contributed by atoms with E-state index in [9.17, 15) is 0 Å². The van der Waals surface area contributed by atoms with Gasteiger partial charge in [-0.3, -0.25) is 0 Å². The van der Waals surface area contributed by atoms with Gasteiger partial charge in [-0.25, -0.2) is 0 Å². The monoisotopic (exact) mass is 813 g/mol. The average Bonchev–Trinajstić information content (AvgIpc) is 3.07. The van der Waals surface area contributed by atoms with Crippen LogP contribution in [0.15, 0.2) is 91.0 Å². The molecule has 0 aliphatic carbocycles. The standard InChI is InChI=1S/3C13H22N.3BrH/c3*1-4-14(5-2,6-3)12-13-10-8-7-9-11-13;;;/h3*7-11H,4-6,12H2,1-3H3;3*1H/q3*+1;;;/p-3. The first-order chi connectivity index (χ1) is 20.3. The molecule has 0 N–H and O–H groups in total. The highest BCUT2D eigenvalue weighted by molar-refractivity contribution is 5.14. The van der Waals surface area contributed by atoms with Gasteiger partial charge in [-0.1, -0.05) is 91.0 Å². The van der Waals surface area contributed by atoms with E-state index in [1.54, 1.807) is 0 Å². The molecule has 0 spiro atoms. The van der Waals surface area contributed by atoms with Gasteiger partial charge in [0.15, 0.2) is 0 Å². The highest BCUT2D eigenvalue weighted by Gasteiger charge is 2.22. The Morgan fingerprint density at radius 3 is 0.578 bits per heavy atom. The second kappa shape index (κ2) is 27.0. The summed E-state index contributed by atoms with van der Waals surface area (Å²) in [5.41, 5.74) is 4.37. The normalized spacial score (nSPS) is 10.9. The molecule has 3 nitrogen and oxygen atoms in total. The Morgan fingerprint density at radius 1 is 0.289 bits per heavy atom. The molecule has 0 aliphatic heterocycles. The summed E-state index contributed by atoms with van der Waals surface area (Å²) in [4.78, 5) is 0. The van der Waals surface area contributed by atoms with Crippen molar-refractivity contribution in [1.82, 2.24) is 0 Å². The van der Waals surface area contributed by atoms with Gasteiger partial charge in [0.05, 0.1) is 58.9 Å². The van der Waals surface area contributed by atoms with Crippen LogP contribution in [0.1, 0.15) is 79.0 Å². The molecule has 0 saturated heterocycles. The van der Waals surface area contributed by atoms with E-state index in [0.717, 1.165) is 0 Å². The van der Waals surface area contributed by atoms with Gasteiger partial charge in [-0.2, -0.15) is 0 Å². The molecule has 0 fully saturated rings. The van der Waals surface area contributed by atoms with Gasteiger partial charge < -0.3 is 64.4 Å². The van der Waals surface area contributed by atoms with E-state index in [-0.39, 0.29) is 50.9 Å². The van der Waals surface area contributed by atoms with E-state index in [2.05, 4.69) is 153 Å². The fourth-order valence-electron chi connectivity index (χ4n) is 5.93. The second-order valence-corrected chi connectivity index (χ2v) is 11.8.